The van der Waals surface area contributed by atoms with Gasteiger partial charge in [0, 0.05) is 47.1 Å². The molecular formula is C42H62Cl2N10S2. The first kappa shape index (κ1) is 48.9. The van der Waals surface area contributed by atoms with Crippen LogP contribution in [0.25, 0.3) is 0 Å². The van der Waals surface area contributed by atoms with Crippen LogP contribution in [0.1, 0.15) is 26.7 Å². The molecule has 56 heavy (non-hydrogen) atoms. The van der Waals surface area contributed by atoms with Crippen LogP contribution in [-0.2, 0) is 0 Å². The normalized spacial score (nSPS) is 11.8. The Morgan fingerprint density at radius 1 is 0.464 bits per heavy atom. The number of nitrogens with zero attached hydrogens (tertiary/aromatic N) is 8. The zero-order valence-corrected chi connectivity index (χ0v) is 37.2. The number of rotatable bonds is 23. The van der Waals surface area contributed by atoms with Gasteiger partial charge >= 0.3 is 0 Å². The lowest BCUT2D eigenvalue weighted by atomic mass is 10.2. The molecule has 0 bridgehead atoms. The van der Waals surface area contributed by atoms with Gasteiger partial charge in [0.2, 0.25) is 0 Å². The fraction of sp³-hybridized carbons (Fsp3) is 0.429. The van der Waals surface area contributed by atoms with Crippen LogP contribution in [0.4, 0.5) is 34.1 Å². The first-order valence-corrected chi connectivity index (χ1v) is 21.3. The highest BCUT2D eigenvalue weighted by molar-refractivity contribution is 8.76. The molecule has 306 valence electrons. The second kappa shape index (κ2) is 25.2. The number of hydrogen-bond donors (Lipinski definition) is 2. The molecule has 0 fully saturated rings. The SMILES string of the molecule is CCN(CC[N+](C)(C)CCCN)c1ccc(N=Nc2ccc(SSc3ccc(N=Nc4ccc(N(CC)CC[N+](C)(C)CCCN)cc4)cc3)cc2)cc1.[Cl-].[Cl-]. The van der Waals surface area contributed by atoms with Crippen molar-refractivity contribution in [1.29, 1.82) is 0 Å². The number of halogens is 2. The van der Waals surface area contributed by atoms with Crippen molar-refractivity contribution in [2.75, 3.05) is 103 Å². The molecule has 0 amide bonds. The van der Waals surface area contributed by atoms with Gasteiger partial charge in [-0.2, -0.15) is 20.5 Å². The zero-order valence-electron chi connectivity index (χ0n) is 34.0. The van der Waals surface area contributed by atoms with Gasteiger partial charge in [-0.1, -0.05) is 21.6 Å². The average molecular weight is 842 g/mol. The lowest BCUT2D eigenvalue weighted by molar-refractivity contribution is -0.888. The lowest BCUT2D eigenvalue weighted by Crippen LogP contribution is -3.00. The number of anilines is 2. The van der Waals surface area contributed by atoms with Gasteiger partial charge in [0.25, 0.3) is 0 Å². The summed E-state index contributed by atoms with van der Waals surface area (Å²) in [5.74, 6) is 0. The minimum Gasteiger partial charge on any atom is -1.00 e. The maximum absolute atomic E-state index is 5.73. The molecule has 4 aromatic carbocycles. The first-order valence-electron chi connectivity index (χ1n) is 19.2. The number of azo groups is 2. The molecule has 0 spiro atoms. The van der Waals surface area contributed by atoms with E-state index >= 15 is 0 Å². The third kappa shape index (κ3) is 17.1. The van der Waals surface area contributed by atoms with Crippen LogP contribution < -0.4 is 46.1 Å². The standard InChI is InChI=1S/C42H62N10S2.2ClH/c1-7-49(29-33-51(3,4)31-9-27-43)39-19-11-35(12-20-39)45-47-37-15-23-41(24-16-37)53-54-42-25-17-38(18-26-42)48-46-36-13-21-40(22-14-36)50(8-2)30-34-52(5,6)32-10-28-44;;/h11-26H,7-10,27-34,43-44H2,1-6H3;2*1H/q+2;;/p-2. The van der Waals surface area contributed by atoms with Crippen LogP contribution in [0.3, 0.4) is 0 Å². The van der Waals surface area contributed by atoms with Crippen molar-refractivity contribution < 1.29 is 33.8 Å². The van der Waals surface area contributed by atoms with E-state index in [1.54, 1.807) is 21.6 Å². The van der Waals surface area contributed by atoms with Gasteiger partial charge in [0.1, 0.15) is 0 Å². The van der Waals surface area contributed by atoms with Crippen LogP contribution in [0, 0.1) is 0 Å². The van der Waals surface area contributed by atoms with E-state index in [0.717, 1.165) is 120 Å². The van der Waals surface area contributed by atoms with E-state index in [9.17, 15) is 0 Å². The van der Waals surface area contributed by atoms with Crippen molar-refractivity contribution in [3.05, 3.63) is 97.1 Å². The summed E-state index contributed by atoms with van der Waals surface area (Å²) in [7, 11) is 12.5. The summed E-state index contributed by atoms with van der Waals surface area (Å²) in [5.41, 5.74) is 17.2. The summed E-state index contributed by atoms with van der Waals surface area (Å²) in [6, 6.07) is 33.0. The minimum atomic E-state index is 0. The monoisotopic (exact) mass is 840 g/mol. The number of benzene rings is 4. The molecule has 0 aliphatic rings. The number of hydrogen-bond acceptors (Lipinski definition) is 10. The maximum atomic E-state index is 5.73. The molecule has 14 heteroatoms. The number of quaternary nitrogens is 2. The smallest absolute Gasteiger partial charge is 0.0960 e. The molecule has 0 saturated heterocycles. The quantitative estimate of drug-likeness (QED) is 0.0669. The maximum Gasteiger partial charge on any atom is 0.0960 e. The lowest BCUT2D eigenvalue weighted by Gasteiger charge is -2.33. The van der Waals surface area contributed by atoms with E-state index in [1.165, 1.54) is 11.4 Å². The summed E-state index contributed by atoms with van der Waals surface area (Å²) in [6.45, 7) is 14.2. The van der Waals surface area contributed by atoms with Gasteiger partial charge in [-0.15, -0.1) is 0 Å². The van der Waals surface area contributed by atoms with Crippen LogP contribution >= 0.6 is 21.6 Å². The number of nitrogens with two attached hydrogens (primary N) is 2. The predicted octanol–water partition coefficient (Wildman–Crippen LogP) is 3.83. The summed E-state index contributed by atoms with van der Waals surface area (Å²) in [4.78, 5) is 7.12. The Kier molecular flexibility index (Phi) is 22.0. The molecule has 4 aromatic rings. The van der Waals surface area contributed by atoms with Crippen LogP contribution in [0.15, 0.2) is 127 Å². The summed E-state index contributed by atoms with van der Waals surface area (Å²) >= 11 is 0. The van der Waals surface area contributed by atoms with Crippen LogP contribution in [0.5, 0.6) is 0 Å². The highest BCUT2D eigenvalue weighted by Gasteiger charge is 2.17. The summed E-state index contributed by atoms with van der Waals surface area (Å²) in [5, 5.41) is 17.9. The van der Waals surface area contributed by atoms with Gasteiger partial charge < -0.3 is 55.0 Å². The van der Waals surface area contributed by atoms with E-state index in [1.807, 2.05) is 48.5 Å². The van der Waals surface area contributed by atoms with Gasteiger partial charge in [-0.25, -0.2) is 0 Å². The molecule has 4 N–H and O–H groups in total. The third-order valence-electron chi connectivity index (χ3n) is 9.55. The Morgan fingerprint density at radius 3 is 1.02 bits per heavy atom. The highest BCUT2D eigenvalue weighted by atomic mass is 35.5. The molecule has 0 radical (unpaired) electrons. The van der Waals surface area contributed by atoms with E-state index in [2.05, 4.69) is 121 Å². The van der Waals surface area contributed by atoms with Gasteiger partial charge in [0.05, 0.1) is 90.2 Å². The summed E-state index contributed by atoms with van der Waals surface area (Å²) in [6.07, 6.45) is 2.10. The van der Waals surface area contributed by atoms with Crippen LogP contribution in [-0.4, -0.2) is 103 Å². The van der Waals surface area contributed by atoms with Crippen molar-refractivity contribution in [3.63, 3.8) is 0 Å². The average Bonchev–Trinajstić information content (AvgIpc) is 3.19. The highest BCUT2D eigenvalue weighted by Crippen LogP contribution is 2.38. The van der Waals surface area contributed by atoms with Crippen molar-refractivity contribution in [2.45, 2.75) is 36.5 Å². The van der Waals surface area contributed by atoms with Crippen molar-refractivity contribution >= 4 is 55.7 Å². The predicted molar refractivity (Wildman–Crippen MR) is 233 cm³/mol. The van der Waals surface area contributed by atoms with Crippen molar-refractivity contribution in [2.24, 2.45) is 31.9 Å². The second-order valence-electron chi connectivity index (χ2n) is 14.8. The molecule has 10 nitrogen and oxygen atoms in total. The van der Waals surface area contributed by atoms with E-state index in [-0.39, 0.29) is 24.8 Å². The Balaban J connectivity index is 0.00000541. The Bertz CT molecular complexity index is 1590. The second-order valence-corrected chi connectivity index (χ2v) is 17.1. The van der Waals surface area contributed by atoms with Gasteiger partial charge in [-0.05, 0) is 124 Å². The molecule has 0 unspecified atom stereocenters. The fourth-order valence-electron chi connectivity index (χ4n) is 5.91. The Morgan fingerprint density at radius 2 is 0.750 bits per heavy atom. The van der Waals surface area contributed by atoms with E-state index in [4.69, 9.17) is 11.5 Å². The van der Waals surface area contributed by atoms with Crippen molar-refractivity contribution in [1.82, 2.24) is 0 Å². The first-order chi connectivity index (χ1) is 26.0. The largest absolute Gasteiger partial charge is 1.00 e. The molecule has 0 aromatic heterocycles. The van der Waals surface area contributed by atoms with Gasteiger partial charge in [0.15, 0.2) is 0 Å². The molecule has 0 aliphatic heterocycles. The Hall–Kier alpha value is -3.20. The molecule has 0 saturated carbocycles. The molecular weight excluding hydrogens is 780 g/mol. The summed E-state index contributed by atoms with van der Waals surface area (Å²) < 4.78 is 1.95. The molecule has 0 aliphatic carbocycles. The fourth-order valence-corrected chi connectivity index (χ4v) is 7.84. The van der Waals surface area contributed by atoms with Gasteiger partial charge in [-0.3, -0.25) is 0 Å². The number of likely N-dealkylation sites (N-methyl/N-ethyl adjacent to an activating group) is 4. The zero-order chi connectivity index (χ0) is 38.8. The minimum absolute atomic E-state index is 0. The molecule has 0 atom stereocenters. The third-order valence-corrected chi connectivity index (χ3v) is 12.0. The molecule has 0 heterocycles. The topological polar surface area (TPSA) is 108 Å². The van der Waals surface area contributed by atoms with Crippen molar-refractivity contribution in [3.8, 4) is 0 Å². The van der Waals surface area contributed by atoms with Crippen LogP contribution in [0.2, 0.25) is 0 Å². The molecule has 4 rings (SSSR count). The van der Waals surface area contributed by atoms with E-state index in [0.29, 0.717) is 0 Å². The Labute approximate surface area is 356 Å². The van der Waals surface area contributed by atoms with E-state index < -0.39 is 0 Å².